The number of hydrogen-bond donors (Lipinski definition) is 2. The van der Waals surface area contributed by atoms with Crippen LogP contribution >= 0.6 is 11.3 Å². The van der Waals surface area contributed by atoms with Gasteiger partial charge in [0, 0.05) is 30.0 Å². The monoisotopic (exact) mass is 250 g/mol. The van der Waals surface area contributed by atoms with Gasteiger partial charge in [0.2, 0.25) is 0 Å². The largest absolute Gasteiger partial charge is 0.505 e. The zero-order chi connectivity index (χ0) is 11.8. The highest BCUT2D eigenvalue weighted by Gasteiger charge is 2.16. The number of fused-ring (bicyclic) bond motifs is 1. The molecule has 1 aliphatic rings. The van der Waals surface area contributed by atoms with E-state index >= 15 is 0 Å². The Kier molecular flexibility index (Phi) is 2.57. The maximum Gasteiger partial charge on any atom is 0.165 e. The lowest BCUT2D eigenvalue weighted by Gasteiger charge is -2.09. The molecule has 2 heterocycles. The predicted octanol–water partition coefficient (Wildman–Crippen LogP) is 2.30. The van der Waals surface area contributed by atoms with Crippen molar-refractivity contribution in [3.8, 4) is 16.3 Å². The zero-order valence-electron chi connectivity index (χ0n) is 9.03. The van der Waals surface area contributed by atoms with Crippen molar-refractivity contribution < 1.29 is 9.50 Å². The van der Waals surface area contributed by atoms with Gasteiger partial charge in [-0.1, -0.05) is 0 Å². The Bertz CT molecular complexity index is 544. The molecule has 0 saturated carbocycles. The maximum atomic E-state index is 13.3. The lowest BCUT2D eigenvalue weighted by Crippen LogP contribution is -2.22. The van der Waals surface area contributed by atoms with E-state index in [1.54, 1.807) is 17.4 Å². The van der Waals surface area contributed by atoms with E-state index in [0.29, 0.717) is 0 Å². The summed E-state index contributed by atoms with van der Waals surface area (Å²) in [4.78, 5) is 5.74. The minimum Gasteiger partial charge on any atom is -0.505 e. The Morgan fingerprint density at radius 3 is 3.06 bits per heavy atom. The van der Waals surface area contributed by atoms with Crippen LogP contribution in [0, 0.1) is 5.82 Å². The molecular weight excluding hydrogens is 239 g/mol. The second-order valence-corrected chi connectivity index (χ2v) is 5.07. The highest BCUT2D eigenvalue weighted by molar-refractivity contribution is 7.15. The first kappa shape index (κ1) is 10.7. The summed E-state index contributed by atoms with van der Waals surface area (Å²) < 4.78 is 13.3. The van der Waals surface area contributed by atoms with Crippen LogP contribution in [0.4, 0.5) is 4.39 Å². The molecular formula is C12H11FN2OS. The number of nitrogens with one attached hydrogen (secondary N) is 1. The molecule has 0 bridgehead atoms. The van der Waals surface area contributed by atoms with Crippen LogP contribution in [-0.4, -0.2) is 16.6 Å². The predicted molar refractivity (Wildman–Crippen MR) is 64.6 cm³/mol. The molecule has 1 aliphatic heterocycles. The molecule has 0 saturated heterocycles. The summed E-state index contributed by atoms with van der Waals surface area (Å²) in [5, 5.41) is 13.3. The molecule has 3 nitrogen and oxygen atoms in total. The number of aromatic nitrogens is 1. The fourth-order valence-electron chi connectivity index (χ4n) is 1.89. The molecule has 88 valence electrons. The third kappa shape index (κ3) is 1.92. The number of nitrogens with zero attached hydrogens (tertiary/aromatic N) is 1. The Hall–Kier alpha value is -1.46. The van der Waals surface area contributed by atoms with Crippen molar-refractivity contribution in [1.82, 2.24) is 10.3 Å². The number of rotatable bonds is 1. The standard InChI is InChI=1S/C12H11FN2OS/c13-8-5-7(1-2-10(8)16)12-15-9-3-4-14-6-11(9)17-12/h1-2,5,14,16H,3-4,6H2. The highest BCUT2D eigenvalue weighted by Crippen LogP contribution is 2.31. The summed E-state index contributed by atoms with van der Waals surface area (Å²) in [6.45, 7) is 1.79. The first-order valence-corrected chi connectivity index (χ1v) is 6.24. The van der Waals surface area contributed by atoms with Crippen molar-refractivity contribution in [3.63, 3.8) is 0 Å². The molecule has 0 amide bonds. The average Bonchev–Trinajstić information content (AvgIpc) is 2.76. The van der Waals surface area contributed by atoms with Gasteiger partial charge in [0.05, 0.1) is 5.69 Å². The molecule has 0 aliphatic carbocycles. The Morgan fingerprint density at radius 2 is 2.29 bits per heavy atom. The summed E-state index contributed by atoms with van der Waals surface area (Å²) in [7, 11) is 0. The first-order valence-electron chi connectivity index (χ1n) is 5.42. The Labute approximate surface area is 102 Å². The van der Waals surface area contributed by atoms with Gasteiger partial charge in [-0.05, 0) is 18.2 Å². The molecule has 1 aromatic carbocycles. The smallest absolute Gasteiger partial charge is 0.165 e. The highest BCUT2D eigenvalue weighted by atomic mass is 32.1. The van der Waals surface area contributed by atoms with E-state index in [9.17, 15) is 4.39 Å². The number of phenols is 1. The summed E-state index contributed by atoms with van der Waals surface area (Å²) in [6, 6.07) is 4.38. The van der Waals surface area contributed by atoms with Gasteiger partial charge in [-0.3, -0.25) is 0 Å². The van der Waals surface area contributed by atoms with Crippen molar-refractivity contribution in [1.29, 1.82) is 0 Å². The molecule has 17 heavy (non-hydrogen) atoms. The second kappa shape index (κ2) is 4.09. The normalized spacial score (nSPS) is 14.6. The van der Waals surface area contributed by atoms with Crippen LogP contribution in [0.15, 0.2) is 18.2 Å². The third-order valence-corrected chi connectivity index (χ3v) is 3.94. The molecule has 1 aromatic heterocycles. The van der Waals surface area contributed by atoms with Crippen molar-refractivity contribution >= 4 is 11.3 Å². The molecule has 2 aromatic rings. The van der Waals surface area contributed by atoms with E-state index in [0.717, 1.165) is 35.8 Å². The number of benzene rings is 1. The summed E-state index contributed by atoms with van der Waals surface area (Å²) in [6.07, 6.45) is 0.923. The number of hydrogen-bond acceptors (Lipinski definition) is 4. The molecule has 5 heteroatoms. The van der Waals surface area contributed by atoms with Gasteiger partial charge in [-0.25, -0.2) is 9.37 Å². The third-order valence-electron chi connectivity index (χ3n) is 2.80. The lowest BCUT2D eigenvalue weighted by atomic mass is 10.2. The van der Waals surface area contributed by atoms with Crippen LogP contribution < -0.4 is 5.32 Å². The minimum absolute atomic E-state index is 0.322. The zero-order valence-corrected chi connectivity index (χ0v) is 9.85. The van der Waals surface area contributed by atoms with Crippen molar-refractivity contribution in [2.45, 2.75) is 13.0 Å². The molecule has 2 N–H and O–H groups in total. The summed E-state index contributed by atoms with van der Waals surface area (Å²) >= 11 is 1.58. The van der Waals surface area contributed by atoms with Crippen molar-refractivity contribution in [3.05, 3.63) is 34.6 Å². The number of phenolic OH excluding ortho intramolecular Hbond substituents is 1. The van der Waals surface area contributed by atoms with E-state index in [4.69, 9.17) is 5.11 Å². The first-order chi connectivity index (χ1) is 8.24. The van der Waals surface area contributed by atoms with E-state index < -0.39 is 5.82 Å². The van der Waals surface area contributed by atoms with Gasteiger partial charge in [0.25, 0.3) is 0 Å². The van der Waals surface area contributed by atoms with Gasteiger partial charge >= 0.3 is 0 Å². The quantitative estimate of drug-likeness (QED) is 0.816. The summed E-state index contributed by atoms with van der Waals surface area (Å²) in [5.41, 5.74) is 1.83. The second-order valence-electron chi connectivity index (χ2n) is 3.98. The Balaban J connectivity index is 2.03. The fourth-order valence-corrected chi connectivity index (χ4v) is 2.96. The van der Waals surface area contributed by atoms with E-state index in [2.05, 4.69) is 10.3 Å². The molecule has 0 spiro atoms. The van der Waals surface area contributed by atoms with Gasteiger partial charge in [0.15, 0.2) is 11.6 Å². The molecule has 0 radical (unpaired) electrons. The van der Waals surface area contributed by atoms with Crippen LogP contribution in [0.3, 0.4) is 0 Å². The minimum atomic E-state index is -0.603. The molecule has 0 atom stereocenters. The van der Waals surface area contributed by atoms with Crippen LogP contribution in [0.1, 0.15) is 10.6 Å². The fraction of sp³-hybridized carbons (Fsp3) is 0.250. The average molecular weight is 250 g/mol. The van der Waals surface area contributed by atoms with Crippen LogP contribution in [0.5, 0.6) is 5.75 Å². The van der Waals surface area contributed by atoms with E-state index in [1.807, 2.05) is 0 Å². The van der Waals surface area contributed by atoms with Gasteiger partial charge in [-0.15, -0.1) is 11.3 Å². The lowest BCUT2D eigenvalue weighted by molar-refractivity contribution is 0.432. The van der Waals surface area contributed by atoms with E-state index in [1.165, 1.54) is 17.0 Å². The van der Waals surface area contributed by atoms with Gasteiger partial charge < -0.3 is 10.4 Å². The van der Waals surface area contributed by atoms with Crippen molar-refractivity contribution in [2.24, 2.45) is 0 Å². The topological polar surface area (TPSA) is 45.2 Å². The van der Waals surface area contributed by atoms with Crippen LogP contribution in [0.2, 0.25) is 0 Å². The van der Waals surface area contributed by atoms with E-state index in [-0.39, 0.29) is 5.75 Å². The molecule has 3 rings (SSSR count). The summed E-state index contributed by atoms with van der Waals surface area (Å²) in [5.74, 6) is -0.925. The SMILES string of the molecule is Oc1ccc(-c2nc3c(s2)CNCC3)cc1F. The van der Waals surface area contributed by atoms with Crippen molar-refractivity contribution in [2.75, 3.05) is 6.54 Å². The number of halogens is 1. The molecule has 0 unspecified atom stereocenters. The number of thiazole rings is 1. The number of aromatic hydroxyl groups is 1. The maximum absolute atomic E-state index is 13.3. The van der Waals surface area contributed by atoms with Crippen LogP contribution in [0.25, 0.3) is 10.6 Å². The molecule has 0 fully saturated rings. The van der Waals surface area contributed by atoms with Gasteiger partial charge in [0.1, 0.15) is 5.01 Å². The van der Waals surface area contributed by atoms with Gasteiger partial charge in [-0.2, -0.15) is 0 Å². The van der Waals surface area contributed by atoms with Crippen LogP contribution in [-0.2, 0) is 13.0 Å². The Morgan fingerprint density at radius 1 is 1.41 bits per heavy atom.